The molecule has 0 bridgehead atoms. The van der Waals surface area contributed by atoms with Gasteiger partial charge in [-0.3, -0.25) is 4.79 Å². The van der Waals surface area contributed by atoms with Crippen LogP contribution in [0.3, 0.4) is 0 Å². The maximum atomic E-state index is 11.6. The van der Waals surface area contributed by atoms with Crippen LogP contribution < -0.4 is 5.73 Å². The van der Waals surface area contributed by atoms with Crippen LogP contribution in [0.15, 0.2) is 0 Å². The molecule has 3 heteroatoms. The molecular weight excluding hydrogens is 310 g/mol. The Hall–Kier alpha value is -0.860. The topological polar surface area (TPSA) is 60.2 Å². The Labute approximate surface area is 157 Å². The van der Waals surface area contributed by atoms with E-state index in [1.807, 2.05) is 0 Å². The fourth-order valence-corrected chi connectivity index (χ4v) is 3.58. The summed E-state index contributed by atoms with van der Waals surface area (Å²) in [6.07, 6.45) is 13.9. The molecule has 0 aliphatic rings. The quantitative estimate of drug-likeness (QED) is 0.398. The molecule has 0 aromatic heterocycles. The van der Waals surface area contributed by atoms with Crippen molar-refractivity contribution in [2.45, 2.75) is 112 Å². The number of nitrogens with two attached hydrogens (primary N) is 1. The minimum absolute atomic E-state index is 0.333. The molecule has 150 valence electrons. The lowest BCUT2D eigenvalue weighted by Crippen LogP contribution is -2.16. The maximum Gasteiger partial charge on any atom is 0.214 e. The van der Waals surface area contributed by atoms with Crippen molar-refractivity contribution in [1.29, 1.82) is 0 Å². The van der Waals surface area contributed by atoms with Gasteiger partial charge in [0, 0.05) is 13.3 Å². The summed E-state index contributed by atoms with van der Waals surface area (Å²) in [7, 11) is 0. The van der Waals surface area contributed by atoms with E-state index in [-0.39, 0.29) is 5.91 Å². The highest BCUT2D eigenvalue weighted by atomic mass is 16.1. The summed E-state index contributed by atoms with van der Waals surface area (Å²) in [5, 5.41) is 0. The van der Waals surface area contributed by atoms with Crippen molar-refractivity contribution in [3.8, 4) is 0 Å². The summed E-state index contributed by atoms with van der Waals surface area (Å²) in [6.45, 7) is 12.3. The monoisotopic (exact) mass is 355 g/mol. The second-order valence-corrected chi connectivity index (χ2v) is 7.69. The van der Waals surface area contributed by atoms with Crippen molar-refractivity contribution >= 4 is 11.7 Å². The standard InChI is InChI=1S/C20H40O.C2H5NO/c1-6-10-12-18(8-3)15-20(14-17(5)21)16-19(9-4)13-11-7-2;1-2(3)4/h18-20H,6-16H2,1-5H3;1H3,(H2,3,4). The Balaban J connectivity index is 0. The molecule has 0 aromatic rings. The number of rotatable bonds is 14. The highest BCUT2D eigenvalue weighted by Gasteiger charge is 2.20. The highest BCUT2D eigenvalue weighted by Crippen LogP contribution is 2.31. The van der Waals surface area contributed by atoms with E-state index in [0.29, 0.717) is 11.7 Å². The summed E-state index contributed by atoms with van der Waals surface area (Å²) >= 11 is 0. The molecule has 3 nitrogen and oxygen atoms in total. The number of hydrogen-bond donors (Lipinski definition) is 1. The zero-order valence-electron chi connectivity index (χ0n) is 17.9. The SMILES string of the molecule is CC(N)=O.CCCCC(CC)CC(CC(C)=O)CC(CC)CCCC. The molecule has 2 N–H and O–H groups in total. The number of carbonyl (C=O) groups is 2. The summed E-state index contributed by atoms with van der Waals surface area (Å²) < 4.78 is 0. The lowest BCUT2D eigenvalue weighted by atomic mass is 9.79. The van der Waals surface area contributed by atoms with Gasteiger partial charge >= 0.3 is 0 Å². The third-order valence-electron chi connectivity index (χ3n) is 5.00. The molecule has 0 spiro atoms. The number of carbonyl (C=O) groups excluding carboxylic acids is 2. The Bertz CT molecular complexity index is 306. The molecule has 0 aliphatic heterocycles. The van der Waals surface area contributed by atoms with Gasteiger partial charge < -0.3 is 10.5 Å². The first-order chi connectivity index (χ1) is 11.8. The smallest absolute Gasteiger partial charge is 0.214 e. The van der Waals surface area contributed by atoms with Gasteiger partial charge in [-0.2, -0.15) is 0 Å². The van der Waals surface area contributed by atoms with Crippen LogP contribution in [-0.4, -0.2) is 11.7 Å². The third-order valence-corrected chi connectivity index (χ3v) is 5.00. The van der Waals surface area contributed by atoms with E-state index in [4.69, 9.17) is 0 Å². The van der Waals surface area contributed by atoms with Crippen LogP contribution in [0.1, 0.15) is 112 Å². The van der Waals surface area contributed by atoms with E-state index in [0.717, 1.165) is 18.3 Å². The predicted molar refractivity (Wildman–Crippen MR) is 110 cm³/mol. The minimum atomic E-state index is -0.333. The Morgan fingerprint density at radius 2 is 1.12 bits per heavy atom. The average Bonchev–Trinajstić information content (AvgIpc) is 2.53. The number of Topliss-reactive ketones (excluding diaryl/α,β-unsaturated/α-hetero) is 1. The van der Waals surface area contributed by atoms with Crippen LogP contribution >= 0.6 is 0 Å². The van der Waals surface area contributed by atoms with Crippen LogP contribution in [0.2, 0.25) is 0 Å². The first-order valence-electron chi connectivity index (χ1n) is 10.6. The lowest BCUT2D eigenvalue weighted by molar-refractivity contribution is -0.118. The van der Waals surface area contributed by atoms with Crippen LogP contribution in [0, 0.1) is 17.8 Å². The largest absolute Gasteiger partial charge is 0.370 e. The van der Waals surface area contributed by atoms with E-state index >= 15 is 0 Å². The molecule has 2 atom stereocenters. The van der Waals surface area contributed by atoms with Gasteiger partial charge in [0.05, 0.1) is 0 Å². The molecule has 0 heterocycles. The Kier molecular flexibility index (Phi) is 18.9. The van der Waals surface area contributed by atoms with Gasteiger partial charge in [0.25, 0.3) is 0 Å². The van der Waals surface area contributed by atoms with Crippen molar-refractivity contribution in [2.75, 3.05) is 0 Å². The molecule has 0 rings (SSSR count). The van der Waals surface area contributed by atoms with E-state index in [9.17, 15) is 9.59 Å². The van der Waals surface area contributed by atoms with Gasteiger partial charge in [0.2, 0.25) is 5.91 Å². The van der Waals surface area contributed by atoms with Gasteiger partial charge in [-0.25, -0.2) is 0 Å². The summed E-state index contributed by atoms with van der Waals surface area (Å²) in [6, 6.07) is 0. The summed E-state index contributed by atoms with van der Waals surface area (Å²) in [5.41, 5.74) is 4.47. The van der Waals surface area contributed by atoms with Crippen LogP contribution in [0.5, 0.6) is 0 Å². The summed E-state index contributed by atoms with van der Waals surface area (Å²) in [5.74, 6) is 2.35. The molecule has 0 fully saturated rings. The van der Waals surface area contributed by atoms with Crippen molar-refractivity contribution in [1.82, 2.24) is 0 Å². The zero-order chi connectivity index (χ0) is 19.7. The molecule has 0 aromatic carbocycles. The summed E-state index contributed by atoms with van der Waals surface area (Å²) in [4.78, 5) is 20.8. The lowest BCUT2D eigenvalue weighted by Gasteiger charge is -2.26. The number of hydrogen-bond acceptors (Lipinski definition) is 2. The first kappa shape index (κ1) is 26.4. The van der Waals surface area contributed by atoms with Crippen molar-refractivity contribution in [3.63, 3.8) is 0 Å². The fourth-order valence-electron chi connectivity index (χ4n) is 3.58. The number of primary amides is 1. The molecule has 25 heavy (non-hydrogen) atoms. The second kappa shape index (κ2) is 17.9. The molecule has 2 unspecified atom stereocenters. The highest BCUT2D eigenvalue weighted by molar-refractivity contribution is 5.75. The van der Waals surface area contributed by atoms with Crippen LogP contribution in [0.4, 0.5) is 0 Å². The average molecular weight is 356 g/mol. The number of ketones is 1. The molecule has 1 amide bonds. The van der Waals surface area contributed by atoms with Crippen molar-refractivity contribution < 1.29 is 9.59 Å². The zero-order valence-corrected chi connectivity index (χ0v) is 17.9. The van der Waals surface area contributed by atoms with E-state index in [1.165, 1.54) is 71.1 Å². The number of amides is 1. The van der Waals surface area contributed by atoms with Gasteiger partial charge in [0.15, 0.2) is 0 Å². The van der Waals surface area contributed by atoms with E-state index in [1.54, 1.807) is 6.92 Å². The van der Waals surface area contributed by atoms with Crippen LogP contribution in [-0.2, 0) is 9.59 Å². The van der Waals surface area contributed by atoms with Crippen molar-refractivity contribution in [2.24, 2.45) is 23.5 Å². The second-order valence-electron chi connectivity index (χ2n) is 7.69. The number of unbranched alkanes of at least 4 members (excludes halogenated alkanes) is 2. The third kappa shape index (κ3) is 19.3. The van der Waals surface area contributed by atoms with E-state index in [2.05, 4.69) is 33.4 Å². The van der Waals surface area contributed by atoms with Gasteiger partial charge in [0.1, 0.15) is 5.78 Å². The molecule has 0 saturated carbocycles. The fraction of sp³-hybridized carbons (Fsp3) is 0.909. The first-order valence-corrected chi connectivity index (χ1v) is 10.6. The predicted octanol–water partition coefficient (Wildman–Crippen LogP) is 6.29. The Morgan fingerprint density at radius 1 is 0.760 bits per heavy atom. The normalized spacial score (nSPS) is 14.2. The maximum absolute atomic E-state index is 11.6. The van der Waals surface area contributed by atoms with Crippen molar-refractivity contribution in [3.05, 3.63) is 0 Å². The molecule has 0 radical (unpaired) electrons. The van der Waals surface area contributed by atoms with Crippen LogP contribution in [0.25, 0.3) is 0 Å². The molecule has 0 aliphatic carbocycles. The van der Waals surface area contributed by atoms with Gasteiger partial charge in [-0.15, -0.1) is 0 Å². The molecule has 0 saturated heterocycles. The van der Waals surface area contributed by atoms with Gasteiger partial charge in [-0.1, -0.05) is 79.1 Å². The van der Waals surface area contributed by atoms with Gasteiger partial charge in [-0.05, 0) is 37.5 Å². The molecular formula is C22H45NO2. The minimum Gasteiger partial charge on any atom is -0.370 e. The van der Waals surface area contributed by atoms with E-state index < -0.39 is 0 Å². The Morgan fingerprint density at radius 3 is 1.36 bits per heavy atom.